The number of hydrogen-bond acceptors (Lipinski definition) is 6. The Bertz CT molecular complexity index is 727. The van der Waals surface area contributed by atoms with Crippen molar-refractivity contribution in [3.63, 3.8) is 0 Å². The molecule has 10 heteroatoms. The lowest BCUT2D eigenvalue weighted by Gasteiger charge is -2.12. The third-order valence-electron chi connectivity index (χ3n) is 3.78. The van der Waals surface area contributed by atoms with E-state index in [1.54, 1.807) is 0 Å². The van der Waals surface area contributed by atoms with Crippen molar-refractivity contribution in [2.24, 2.45) is 0 Å². The molecule has 0 aliphatic heterocycles. The van der Waals surface area contributed by atoms with Gasteiger partial charge in [-0.2, -0.15) is 4.39 Å². The van der Waals surface area contributed by atoms with Crippen molar-refractivity contribution in [1.82, 2.24) is 0 Å². The molecular formula is C21H28F4O6. The number of carbonyl (C=O) groups excluding carboxylic acids is 1. The maximum atomic E-state index is 14.2. The van der Waals surface area contributed by atoms with E-state index in [0.29, 0.717) is 33.0 Å². The first-order valence-corrected chi connectivity index (χ1v) is 9.84. The second-order valence-electron chi connectivity index (χ2n) is 6.41. The topological polar surface area (TPSA) is 63.2 Å². The molecule has 0 spiro atoms. The van der Waals surface area contributed by atoms with E-state index in [2.05, 4.69) is 11.3 Å². The van der Waals surface area contributed by atoms with Gasteiger partial charge in [-0.1, -0.05) is 13.5 Å². The highest BCUT2D eigenvalue weighted by atomic mass is 19.2. The minimum absolute atomic E-state index is 0.117. The van der Waals surface area contributed by atoms with Crippen molar-refractivity contribution >= 4 is 11.5 Å². The fourth-order valence-corrected chi connectivity index (χ4v) is 2.30. The number of hydrogen-bond donors (Lipinski definition) is 0. The smallest absolute Gasteiger partial charge is 0.313 e. The Hall–Kier alpha value is -2.01. The molecule has 0 heterocycles. The van der Waals surface area contributed by atoms with E-state index < -0.39 is 40.6 Å². The summed E-state index contributed by atoms with van der Waals surface area (Å²) in [7, 11) is 0. The molecule has 1 aromatic rings. The number of esters is 1. The number of allylic oxidation sites excluding steroid dienone is 1. The van der Waals surface area contributed by atoms with Crippen molar-refractivity contribution in [3.8, 4) is 5.75 Å². The van der Waals surface area contributed by atoms with Crippen molar-refractivity contribution in [3.05, 3.63) is 35.4 Å². The summed E-state index contributed by atoms with van der Waals surface area (Å²) in [5.41, 5.74) is -1.07. The zero-order valence-corrected chi connectivity index (χ0v) is 17.7. The van der Waals surface area contributed by atoms with Gasteiger partial charge in [-0.3, -0.25) is 4.79 Å². The molecule has 0 amide bonds. The summed E-state index contributed by atoms with van der Waals surface area (Å²) >= 11 is 0. The first kappa shape index (κ1) is 27.0. The lowest BCUT2D eigenvalue weighted by molar-refractivity contribution is -0.136. The lowest BCUT2D eigenvalue weighted by atomic mass is 10.1. The summed E-state index contributed by atoms with van der Waals surface area (Å²) in [5, 5.41) is 0. The molecule has 0 aliphatic carbocycles. The van der Waals surface area contributed by atoms with Gasteiger partial charge >= 0.3 is 5.97 Å². The average molecular weight is 452 g/mol. The molecule has 0 atom stereocenters. The van der Waals surface area contributed by atoms with Crippen LogP contribution < -0.4 is 4.74 Å². The van der Waals surface area contributed by atoms with Gasteiger partial charge < -0.3 is 23.7 Å². The summed E-state index contributed by atoms with van der Waals surface area (Å²) in [6.07, 6.45) is 0.594. The van der Waals surface area contributed by atoms with E-state index in [1.165, 1.54) is 6.92 Å². The Morgan fingerprint density at radius 3 is 1.71 bits per heavy atom. The van der Waals surface area contributed by atoms with Gasteiger partial charge in [0.15, 0.2) is 17.5 Å². The first-order chi connectivity index (χ1) is 14.8. The van der Waals surface area contributed by atoms with Crippen LogP contribution in [0.1, 0.15) is 32.3 Å². The maximum absolute atomic E-state index is 14.2. The minimum Gasteiger partial charge on any atom is -0.420 e. The van der Waals surface area contributed by atoms with Gasteiger partial charge in [0.1, 0.15) is 0 Å². The molecule has 0 fully saturated rings. The third-order valence-corrected chi connectivity index (χ3v) is 3.78. The SMILES string of the molecule is C=C(C)c1c(F)c(F)c(F)c(OC(=O)CCOCCOCCOCCOCCC)c1F. The van der Waals surface area contributed by atoms with E-state index in [0.717, 1.165) is 6.42 Å². The van der Waals surface area contributed by atoms with Crippen molar-refractivity contribution in [2.75, 3.05) is 52.9 Å². The van der Waals surface area contributed by atoms with Crippen LogP contribution in [0.4, 0.5) is 17.6 Å². The van der Waals surface area contributed by atoms with Crippen LogP contribution in [0.3, 0.4) is 0 Å². The van der Waals surface area contributed by atoms with E-state index in [9.17, 15) is 22.4 Å². The van der Waals surface area contributed by atoms with E-state index in [1.807, 2.05) is 6.92 Å². The summed E-state index contributed by atoms with van der Waals surface area (Å²) in [6.45, 7) is 9.29. The molecule has 6 nitrogen and oxygen atoms in total. The van der Waals surface area contributed by atoms with Gasteiger partial charge in [-0.25, -0.2) is 13.2 Å². The average Bonchev–Trinajstić information content (AvgIpc) is 2.73. The first-order valence-electron chi connectivity index (χ1n) is 9.84. The highest BCUT2D eigenvalue weighted by Crippen LogP contribution is 2.33. The second-order valence-corrected chi connectivity index (χ2v) is 6.41. The molecule has 0 saturated carbocycles. The second kappa shape index (κ2) is 14.9. The van der Waals surface area contributed by atoms with Crippen LogP contribution in [-0.4, -0.2) is 58.8 Å². The summed E-state index contributed by atoms with van der Waals surface area (Å²) < 4.78 is 80.8. The molecule has 0 unspecified atom stereocenters. The standard InChI is InChI=1S/C21H28F4O6/c1-4-6-27-8-10-29-12-13-30-11-9-28-7-5-15(26)31-21-18(23)16(14(2)3)17(22)19(24)20(21)25/h2,4-13H2,1,3H3. The minimum atomic E-state index is -1.95. The van der Waals surface area contributed by atoms with Crippen molar-refractivity contribution in [1.29, 1.82) is 0 Å². The molecule has 0 N–H and O–H groups in total. The lowest BCUT2D eigenvalue weighted by Crippen LogP contribution is -2.16. The van der Waals surface area contributed by atoms with E-state index >= 15 is 0 Å². The summed E-state index contributed by atoms with van der Waals surface area (Å²) in [5.74, 6) is -9.54. The fourth-order valence-electron chi connectivity index (χ4n) is 2.30. The summed E-state index contributed by atoms with van der Waals surface area (Å²) in [6, 6.07) is 0. The number of rotatable bonds is 16. The Morgan fingerprint density at radius 1 is 0.742 bits per heavy atom. The molecule has 1 rings (SSSR count). The quantitative estimate of drug-likeness (QED) is 0.0942. The van der Waals surface area contributed by atoms with Crippen LogP contribution in [0.25, 0.3) is 5.57 Å². The molecular weight excluding hydrogens is 424 g/mol. The van der Waals surface area contributed by atoms with Crippen LogP contribution >= 0.6 is 0 Å². The van der Waals surface area contributed by atoms with E-state index in [4.69, 9.17) is 18.9 Å². The van der Waals surface area contributed by atoms with Crippen molar-refractivity contribution < 1.29 is 46.0 Å². The van der Waals surface area contributed by atoms with Crippen LogP contribution in [0.2, 0.25) is 0 Å². The van der Waals surface area contributed by atoms with Crippen molar-refractivity contribution in [2.45, 2.75) is 26.7 Å². The van der Waals surface area contributed by atoms with Crippen LogP contribution in [-0.2, 0) is 23.7 Å². The van der Waals surface area contributed by atoms with Gasteiger partial charge in [0.25, 0.3) is 0 Å². The zero-order chi connectivity index (χ0) is 23.2. The van der Waals surface area contributed by atoms with Gasteiger partial charge in [-0.05, 0) is 18.9 Å². The van der Waals surface area contributed by atoms with Gasteiger partial charge in [0, 0.05) is 6.61 Å². The number of ether oxygens (including phenoxy) is 5. The Balaban J connectivity index is 2.25. The summed E-state index contributed by atoms with van der Waals surface area (Å²) in [4.78, 5) is 11.8. The fraction of sp³-hybridized carbons (Fsp3) is 0.571. The van der Waals surface area contributed by atoms with E-state index in [-0.39, 0.29) is 31.8 Å². The molecule has 31 heavy (non-hydrogen) atoms. The largest absolute Gasteiger partial charge is 0.420 e. The van der Waals surface area contributed by atoms with Crippen LogP contribution in [0.5, 0.6) is 5.75 Å². The molecule has 0 aliphatic rings. The van der Waals surface area contributed by atoms with Crippen LogP contribution in [0.15, 0.2) is 6.58 Å². The number of benzene rings is 1. The highest BCUT2D eigenvalue weighted by Gasteiger charge is 2.28. The molecule has 0 aromatic heterocycles. The van der Waals surface area contributed by atoms with Gasteiger partial charge in [-0.15, -0.1) is 0 Å². The highest BCUT2D eigenvalue weighted by molar-refractivity contribution is 5.73. The van der Waals surface area contributed by atoms with Gasteiger partial charge in [0.05, 0.1) is 58.2 Å². The number of carbonyl (C=O) groups is 1. The Morgan fingerprint density at radius 2 is 1.23 bits per heavy atom. The number of halogens is 4. The molecule has 0 radical (unpaired) electrons. The molecule has 1 aromatic carbocycles. The predicted molar refractivity (Wildman–Crippen MR) is 105 cm³/mol. The monoisotopic (exact) mass is 452 g/mol. The molecule has 176 valence electrons. The molecule has 0 bridgehead atoms. The Kier molecular flexibility index (Phi) is 13.0. The Labute approximate surface area is 179 Å². The van der Waals surface area contributed by atoms with Crippen LogP contribution in [0, 0.1) is 23.3 Å². The third kappa shape index (κ3) is 9.34. The zero-order valence-electron chi connectivity index (χ0n) is 17.7. The maximum Gasteiger partial charge on any atom is 0.313 e. The predicted octanol–water partition coefficient (Wildman–Crippen LogP) is 4.05. The van der Waals surface area contributed by atoms with Gasteiger partial charge in [0.2, 0.25) is 11.6 Å². The molecule has 0 saturated heterocycles. The normalized spacial score (nSPS) is 11.0.